The lowest BCUT2D eigenvalue weighted by Crippen LogP contribution is -2.34. The van der Waals surface area contributed by atoms with Crippen LogP contribution in [0.3, 0.4) is 0 Å². The van der Waals surface area contributed by atoms with Gasteiger partial charge in [0.25, 0.3) is 0 Å². The number of benzene rings is 3. The highest BCUT2D eigenvalue weighted by atomic mass is 16.5. The van der Waals surface area contributed by atoms with Crippen LogP contribution in [0.1, 0.15) is 36.5 Å². The number of amides is 2. The zero-order valence-electron chi connectivity index (χ0n) is 27.2. The number of Topliss-reactive ketones (excluding diaryl/α,β-unsaturated/α-hetero) is 1. The largest absolute Gasteiger partial charge is 0.382 e. The fraction of sp³-hybridized carbons (Fsp3) is 0.361. The highest BCUT2D eigenvalue weighted by Gasteiger charge is 2.29. The van der Waals surface area contributed by atoms with Crippen LogP contribution in [0.5, 0.6) is 0 Å². The first-order chi connectivity index (χ1) is 22.9. The van der Waals surface area contributed by atoms with Crippen LogP contribution < -0.4 is 15.5 Å². The molecule has 0 aliphatic carbocycles. The van der Waals surface area contributed by atoms with Crippen LogP contribution in [0.15, 0.2) is 72.8 Å². The first-order valence-corrected chi connectivity index (χ1v) is 15.9. The summed E-state index contributed by atoms with van der Waals surface area (Å²) in [6, 6.07) is 23.6. The predicted molar refractivity (Wildman–Crippen MR) is 180 cm³/mol. The molecule has 1 aliphatic heterocycles. The van der Waals surface area contributed by atoms with E-state index in [0.29, 0.717) is 45.9 Å². The van der Waals surface area contributed by atoms with Gasteiger partial charge in [0.05, 0.1) is 50.3 Å². The van der Waals surface area contributed by atoms with Crippen LogP contribution in [0, 0.1) is 0 Å². The number of hydrogen-bond acceptors (Lipinski definition) is 8. The Morgan fingerprint density at radius 1 is 0.894 bits per heavy atom. The molecule has 0 fully saturated rings. The van der Waals surface area contributed by atoms with Crippen molar-refractivity contribution in [3.05, 3.63) is 89.5 Å². The van der Waals surface area contributed by atoms with Gasteiger partial charge < -0.3 is 25.0 Å². The van der Waals surface area contributed by atoms with E-state index < -0.39 is 0 Å². The Morgan fingerprint density at radius 2 is 1.62 bits per heavy atom. The molecule has 0 unspecified atom stereocenters. The van der Waals surface area contributed by atoms with Gasteiger partial charge in [-0.05, 0) is 43.1 Å². The molecule has 0 saturated heterocycles. The molecule has 47 heavy (non-hydrogen) atoms. The molecular formula is C36H42N6O5. The Bertz CT molecular complexity index is 1690. The van der Waals surface area contributed by atoms with E-state index in [1.54, 1.807) is 26.0 Å². The highest BCUT2D eigenvalue weighted by molar-refractivity contribution is 6.01. The molecule has 2 N–H and O–H groups in total. The average molecular weight is 639 g/mol. The van der Waals surface area contributed by atoms with Gasteiger partial charge in [-0.1, -0.05) is 71.9 Å². The summed E-state index contributed by atoms with van der Waals surface area (Å²) in [5.41, 5.74) is 7.08. The summed E-state index contributed by atoms with van der Waals surface area (Å²) in [6.45, 7) is 4.10. The summed E-state index contributed by atoms with van der Waals surface area (Å²) in [6.07, 6.45) is 0.741. The minimum Gasteiger partial charge on any atom is -0.382 e. The summed E-state index contributed by atoms with van der Waals surface area (Å²) in [4.78, 5) is 40.1. The van der Waals surface area contributed by atoms with Crippen molar-refractivity contribution in [2.75, 3.05) is 45.4 Å². The molecule has 0 radical (unpaired) electrons. The highest BCUT2D eigenvalue weighted by Crippen LogP contribution is 2.41. The maximum atomic E-state index is 13.8. The van der Waals surface area contributed by atoms with Crippen LogP contribution in [0.4, 0.5) is 5.69 Å². The molecular weight excluding hydrogens is 596 g/mol. The predicted octanol–water partition coefficient (Wildman–Crippen LogP) is 3.79. The van der Waals surface area contributed by atoms with Gasteiger partial charge in [-0.25, -0.2) is 4.68 Å². The Morgan fingerprint density at radius 3 is 2.36 bits per heavy atom. The first kappa shape index (κ1) is 33.6. The third kappa shape index (κ3) is 8.37. The summed E-state index contributed by atoms with van der Waals surface area (Å²) in [7, 11) is 3.40. The summed E-state index contributed by atoms with van der Waals surface area (Å²) < 4.78 is 12.2. The molecule has 1 aromatic heterocycles. The van der Waals surface area contributed by atoms with Gasteiger partial charge in [-0.3, -0.25) is 14.4 Å². The van der Waals surface area contributed by atoms with Crippen molar-refractivity contribution >= 4 is 23.3 Å². The van der Waals surface area contributed by atoms with Gasteiger partial charge in [0.2, 0.25) is 11.8 Å². The van der Waals surface area contributed by atoms with Crippen molar-refractivity contribution in [2.45, 2.75) is 45.3 Å². The molecule has 3 aromatic carbocycles. The topological polar surface area (TPSA) is 128 Å². The molecule has 4 aromatic rings. The molecule has 2 heterocycles. The standard InChI is InChI=1S/C36H42N6O5/c1-25(43)31(37-2)22-26-12-14-27(15-13-26)23-42-36-30-10-6-7-11-32(30)41(24-28-8-4-5-9-29(28)35(36)39-40-42)34(45)17-16-33(44)38-18-19-47-21-20-46-3/h4-15,31,37H,16-24H2,1-3H3,(H,38,44)/t31-/m0/s1. The van der Waals surface area contributed by atoms with Gasteiger partial charge in [-0.2, -0.15) is 0 Å². The average Bonchev–Trinajstić information content (AvgIpc) is 3.49. The van der Waals surface area contributed by atoms with Crippen molar-refractivity contribution in [1.82, 2.24) is 25.6 Å². The van der Waals surface area contributed by atoms with Crippen LogP contribution in [-0.4, -0.2) is 79.2 Å². The monoisotopic (exact) mass is 638 g/mol. The molecule has 11 heteroatoms. The number of fused-ring (bicyclic) bond motifs is 5. The molecule has 11 nitrogen and oxygen atoms in total. The van der Waals surface area contributed by atoms with Gasteiger partial charge in [0.1, 0.15) is 11.5 Å². The molecule has 5 rings (SSSR count). The van der Waals surface area contributed by atoms with Gasteiger partial charge in [0.15, 0.2) is 0 Å². The molecule has 246 valence electrons. The third-order valence-corrected chi connectivity index (χ3v) is 8.29. The van der Waals surface area contributed by atoms with Crippen molar-refractivity contribution in [3.63, 3.8) is 0 Å². The zero-order chi connectivity index (χ0) is 33.2. The number of ketones is 1. The number of para-hydroxylation sites is 1. The molecule has 2 amide bonds. The number of ether oxygens (including phenoxy) is 2. The van der Waals surface area contributed by atoms with Crippen LogP contribution in [0.25, 0.3) is 22.5 Å². The Kier molecular flexibility index (Phi) is 11.6. The fourth-order valence-corrected chi connectivity index (χ4v) is 5.74. The lowest BCUT2D eigenvalue weighted by atomic mass is 9.95. The normalized spacial score (nSPS) is 12.7. The molecule has 0 bridgehead atoms. The van der Waals surface area contributed by atoms with Crippen molar-refractivity contribution in [1.29, 1.82) is 0 Å². The second-order valence-electron chi connectivity index (χ2n) is 11.5. The third-order valence-electron chi connectivity index (χ3n) is 8.29. The number of anilines is 1. The van der Waals surface area contributed by atoms with Gasteiger partial charge in [-0.15, -0.1) is 5.10 Å². The van der Waals surface area contributed by atoms with E-state index in [1.807, 2.05) is 77.5 Å². The number of carbonyl (C=O) groups excluding carboxylic acids is 3. The fourth-order valence-electron chi connectivity index (χ4n) is 5.74. The number of methoxy groups -OCH3 is 1. The number of likely N-dealkylation sites (N-methyl/N-ethyl adjacent to an activating group) is 1. The van der Waals surface area contributed by atoms with E-state index in [2.05, 4.69) is 20.9 Å². The number of nitrogens with zero attached hydrogens (tertiary/aromatic N) is 4. The van der Waals surface area contributed by atoms with E-state index in [-0.39, 0.29) is 36.5 Å². The van der Waals surface area contributed by atoms with E-state index in [0.717, 1.165) is 44.9 Å². The minimum absolute atomic E-state index is 0.0572. The molecule has 1 atom stereocenters. The Balaban J connectivity index is 1.39. The van der Waals surface area contributed by atoms with Crippen LogP contribution in [-0.2, 0) is 43.4 Å². The van der Waals surface area contributed by atoms with Crippen molar-refractivity contribution in [3.8, 4) is 22.5 Å². The molecule has 0 spiro atoms. The van der Waals surface area contributed by atoms with Gasteiger partial charge in [0, 0.05) is 37.6 Å². The Hall–Kier alpha value is -4.71. The lowest BCUT2D eigenvalue weighted by Gasteiger charge is -2.28. The quantitative estimate of drug-likeness (QED) is 0.188. The second kappa shape index (κ2) is 16.2. The zero-order valence-corrected chi connectivity index (χ0v) is 27.2. The maximum Gasteiger partial charge on any atom is 0.227 e. The Labute approximate surface area is 275 Å². The number of carbonyl (C=O) groups is 3. The smallest absolute Gasteiger partial charge is 0.227 e. The van der Waals surface area contributed by atoms with Crippen molar-refractivity contribution < 1.29 is 23.9 Å². The number of aromatic nitrogens is 3. The van der Waals surface area contributed by atoms with Crippen LogP contribution >= 0.6 is 0 Å². The van der Waals surface area contributed by atoms with E-state index in [4.69, 9.17) is 9.47 Å². The first-order valence-electron chi connectivity index (χ1n) is 15.9. The van der Waals surface area contributed by atoms with Crippen molar-refractivity contribution in [2.24, 2.45) is 0 Å². The lowest BCUT2D eigenvalue weighted by molar-refractivity contribution is -0.125. The van der Waals surface area contributed by atoms with E-state index >= 15 is 0 Å². The van der Waals surface area contributed by atoms with E-state index in [1.165, 1.54) is 0 Å². The number of nitrogens with one attached hydrogen (secondary N) is 2. The summed E-state index contributed by atoms with van der Waals surface area (Å²) in [5, 5.41) is 15.2. The van der Waals surface area contributed by atoms with Gasteiger partial charge >= 0.3 is 0 Å². The maximum absolute atomic E-state index is 13.8. The SMILES string of the molecule is CN[C@@H](Cc1ccc(Cn2nnc3c2-c2ccccc2N(C(=O)CCC(=O)NCCOCCOC)Cc2ccccc2-3)cc1)C(C)=O. The molecule has 1 aliphatic rings. The minimum atomic E-state index is -0.224. The summed E-state index contributed by atoms with van der Waals surface area (Å²) in [5.74, 6) is -0.248. The second-order valence-corrected chi connectivity index (χ2v) is 11.5. The molecule has 0 saturated carbocycles. The number of hydrogen-bond donors (Lipinski definition) is 2. The van der Waals surface area contributed by atoms with E-state index in [9.17, 15) is 14.4 Å². The summed E-state index contributed by atoms with van der Waals surface area (Å²) >= 11 is 0. The number of rotatable bonds is 15. The van der Waals surface area contributed by atoms with Crippen LogP contribution in [0.2, 0.25) is 0 Å².